The lowest BCUT2D eigenvalue weighted by Crippen LogP contribution is -2.47. The molecule has 4 aromatic heterocycles. The second kappa shape index (κ2) is 12.5. The smallest absolute Gasteiger partial charge is 0.320 e. The maximum Gasteiger partial charge on any atom is 0.320 e. The Morgan fingerprint density at radius 3 is 2.57 bits per heavy atom. The van der Waals surface area contributed by atoms with E-state index in [-0.39, 0.29) is 35.8 Å². The highest BCUT2D eigenvalue weighted by molar-refractivity contribution is 5.94. The van der Waals surface area contributed by atoms with Crippen LogP contribution in [-0.4, -0.2) is 97.6 Å². The minimum Gasteiger partial charge on any atom is -0.467 e. The number of hydrogen-bond donors (Lipinski definition) is 1. The van der Waals surface area contributed by atoms with Crippen LogP contribution in [0.1, 0.15) is 12.2 Å². The van der Waals surface area contributed by atoms with Crippen molar-refractivity contribution in [2.24, 2.45) is 0 Å². The lowest BCUT2D eigenvalue weighted by molar-refractivity contribution is -0.132. The lowest BCUT2D eigenvalue weighted by atomic mass is 10.1. The zero-order valence-corrected chi connectivity index (χ0v) is 28.1. The van der Waals surface area contributed by atoms with E-state index >= 15 is 0 Å². The lowest BCUT2D eigenvalue weighted by Gasteiger charge is -2.31. The van der Waals surface area contributed by atoms with Crippen LogP contribution >= 0.6 is 0 Å². The molecule has 2 aliphatic heterocycles. The molecule has 51 heavy (non-hydrogen) atoms. The number of benzene rings is 2. The van der Waals surface area contributed by atoms with Crippen LogP contribution in [0.4, 0.5) is 24.8 Å². The van der Waals surface area contributed by atoms with Crippen molar-refractivity contribution in [1.82, 2.24) is 39.2 Å². The van der Waals surface area contributed by atoms with Gasteiger partial charge in [0.1, 0.15) is 40.8 Å². The molecular weight excluding hydrogens is 665 g/mol. The highest BCUT2D eigenvalue weighted by atomic mass is 19.1. The van der Waals surface area contributed by atoms with E-state index in [4.69, 9.17) is 14.5 Å². The number of carbonyl (C=O) groups excluding carboxylic acids is 1. The molecule has 8 rings (SSSR count). The molecule has 6 heterocycles. The summed E-state index contributed by atoms with van der Waals surface area (Å²) >= 11 is 0. The Morgan fingerprint density at radius 1 is 0.941 bits per heavy atom. The number of ether oxygens (including phenoxy) is 2. The van der Waals surface area contributed by atoms with Crippen molar-refractivity contribution in [3.8, 4) is 23.0 Å². The molecule has 0 aliphatic carbocycles. The minimum absolute atomic E-state index is 0.0173. The van der Waals surface area contributed by atoms with Gasteiger partial charge >= 0.3 is 6.01 Å². The summed E-state index contributed by atoms with van der Waals surface area (Å²) in [6.07, 6.45) is 1.41. The molecule has 1 N–H and O–H groups in total. The normalized spacial score (nSPS) is 19.4. The SMILES string of the molecule is COc1nc(N2C[C@@H]3C[C@H]2C(=O)N(C)C[C@H](OC)Cn2c(C)nc4cc(F)cc(c42)-c2cccc(n2)N3)c2cnn(-c3ccc(F)cc3F)c2n1. The van der Waals surface area contributed by atoms with E-state index in [1.165, 1.54) is 36.2 Å². The number of aryl methyl sites for hydroxylation is 1. The molecule has 0 radical (unpaired) electrons. The Balaban J connectivity index is 1.25. The van der Waals surface area contributed by atoms with Gasteiger partial charge in [0.05, 0.1) is 48.1 Å². The fraction of sp³-hybridized carbons (Fsp3) is 0.314. The Hall–Kier alpha value is -5.77. The van der Waals surface area contributed by atoms with Gasteiger partial charge in [-0.3, -0.25) is 4.79 Å². The molecule has 13 nitrogen and oxygen atoms in total. The molecule has 0 spiro atoms. The maximum atomic E-state index is 15.0. The van der Waals surface area contributed by atoms with Crippen LogP contribution in [0, 0.1) is 24.4 Å². The predicted octanol–water partition coefficient (Wildman–Crippen LogP) is 4.51. The van der Waals surface area contributed by atoms with Crippen molar-refractivity contribution in [2.45, 2.75) is 38.1 Å². The molecule has 4 bridgehead atoms. The van der Waals surface area contributed by atoms with Crippen LogP contribution in [-0.2, 0) is 16.1 Å². The molecule has 1 fully saturated rings. The number of methoxy groups -OCH3 is 2. The number of aromatic nitrogens is 7. The van der Waals surface area contributed by atoms with Crippen molar-refractivity contribution < 1.29 is 27.4 Å². The summed E-state index contributed by atoms with van der Waals surface area (Å²) in [7, 11) is 4.72. The minimum atomic E-state index is -0.827. The first kappa shape index (κ1) is 32.4. The van der Waals surface area contributed by atoms with Crippen LogP contribution in [0.15, 0.2) is 54.7 Å². The summed E-state index contributed by atoms with van der Waals surface area (Å²) in [4.78, 5) is 36.6. The van der Waals surface area contributed by atoms with Gasteiger partial charge in [-0.2, -0.15) is 15.1 Å². The first-order valence-corrected chi connectivity index (χ1v) is 16.3. The zero-order valence-electron chi connectivity index (χ0n) is 28.1. The molecule has 0 unspecified atom stereocenters. The third-order valence-corrected chi connectivity index (χ3v) is 9.51. The van der Waals surface area contributed by atoms with E-state index in [1.807, 2.05) is 34.6 Å². The van der Waals surface area contributed by atoms with Gasteiger partial charge in [-0.25, -0.2) is 27.8 Å². The number of anilines is 2. The van der Waals surface area contributed by atoms with E-state index < -0.39 is 29.6 Å². The van der Waals surface area contributed by atoms with Crippen LogP contribution in [0.2, 0.25) is 0 Å². The molecule has 2 aromatic carbocycles. The predicted molar refractivity (Wildman–Crippen MR) is 182 cm³/mol. The molecule has 1 amide bonds. The van der Waals surface area contributed by atoms with Crippen LogP contribution in [0.25, 0.3) is 39.0 Å². The number of likely N-dealkylation sites (N-methyl/N-ethyl adjacent to an activating group) is 1. The van der Waals surface area contributed by atoms with E-state index in [0.29, 0.717) is 59.1 Å². The van der Waals surface area contributed by atoms with Gasteiger partial charge < -0.3 is 29.2 Å². The summed E-state index contributed by atoms with van der Waals surface area (Å²) in [5.41, 5.74) is 2.55. The molecule has 2 aliphatic rings. The second-order valence-corrected chi connectivity index (χ2v) is 12.7. The first-order valence-electron chi connectivity index (χ1n) is 16.3. The van der Waals surface area contributed by atoms with Gasteiger partial charge in [-0.05, 0) is 43.7 Å². The number of pyridine rings is 1. The van der Waals surface area contributed by atoms with Crippen LogP contribution in [0.5, 0.6) is 6.01 Å². The molecule has 6 aromatic rings. The standard InChI is InChI=1S/C35H33F3N10O3/c1-18-40-27-12-20(37)10-23-26-6-5-7-30(42-26)41-21-13-29(34(49)45(2)16-22(50-3)17-46(18)31(23)27)47(15-21)32-24-14-39-48(33(24)44-35(43-32)51-4)28-9-8-19(36)11-25(28)38/h5-12,14,21-22,29H,13,15-17H2,1-4H3,(H,41,42)/t21-,22-,29-/m0/s1. The Labute approximate surface area is 289 Å². The Morgan fingerprint density at radius 2 is 1.78 bits per heavy atom. The molecular formula is C35H33F3N10O3. The number of amides is 1. The molecule has 0 saturated carbocycles. The number of rotatable bonds is 4. The molecule has 1 saturated heterocycles. The van der Waals surface area contributed by atoms with Crippen molar-refractivity contribution >= 4 is 39.6 Å². The highest BCUT2D eigenvalue weighted by Gasteiger charge is 2.41. The number of nitrogens with one attached hydrogen (secondary N) is 1. The summed E-state index contributed by atoms with van der Waals surface area (Å²) in [6.45, 7) is 2.74. The largest absolute Gasteiger partial charge is 0.467 e. The monoisotopic (exact) mass is 698 g/mol. The van der Waals surface area contributed by atoms with Gasteiger partial charge in [0, 0.05) is 51.0 Å². The topological polar surface area (TPSA) is 128 Å². The molecule has 3 atom stereocenters. The van der Waals surface area contributed by atoms with E-state index in [2.05, 4.69) is 25.4 Å². The summed E-state index contributed by atoms with van der Waals surface area (Å²) < 4.78 is 58.3. The highest BCUT2D eigenvalue weighted by Crippen LogP contribution is 2.36. The molecule has 262 valence electrons. The van der Waals surface area contributed by atoms with Crippen molar-refractivity contribution in [3.63, 3.8) is 0 Å². The maximum absolute atomic E-state index is 15.0. The number of hydrogen-bond acceptors (Lipinski definition) is 10. The van der Waals surface area contributed by atoms with E-state index in [0.717, 1.165) is 17.6 Å². The second-order valence-electron chi connectivity index (χ2n) is 12.7. The Bertz CT molecular complexity index is 2330. The number of nitrogens with zero attached hydrogens (tertiary/aromatic N) is 9. The quantitative estimate of drug-likeness (QED) is 0.281. The Kier molecular flexibility index (Phi) is 7.97. The van der Waals surface area contributed by atoms with Crippen LogP contribution < -0.4 is 15.0 Å². The average Bonchev–Trinajstić information content (AvgIpc) is 3.81. The number of imidazole rings is 1. The van der Waals surface area contributed by atoms with Gasteiger partial charge in [-0.15, -0.1) is 0 Å². The average molecular weight is 699 g/mol. The first-order chi connectivity index (χ1) is 24.6. The van der Waals surface area contributed by atoms with E-state index in [1.54, 1.807) is 19.1 Å². The van der Waals surface area contributed by atoms with Gasteiger partial charge in [-0.1, -0.05) is 6.07 Å². The number of fused-ring (bicyclic) bond motifs is 6. The molecule has 16 heteroatoms. The zero-order chi connectivity index (χ0) is 35.6. The fourth-order valence-corrected chi connectivity index (χ4v) is 7.13. The summed E-state index contributed by atoms with van der Waals surface area (Å²) in [6, 6.07) is 10.5. The van der Waals surface area contributed by atoms with E-state index in [9.17, 15) is 18.0 Å². The third-order valence-electron chi connectivity index (χ3n) is 9.51. The van der Waals surface area contributed by atoms with Crippen molar-refractivity contribution in [3.05, 3.63) is 78.0 Å². The van der Waals surface area contributed by atoms with Gasteiger partial charge in [0.25, 0.3) is 0 Å². The summed E-state index contributed by atoms with van der Waals surface area (Å²) in [5.74, 6) is -0.613. The van der Waals surface area contributed by atoms with Gasteiger partial charge in [0.2, 0.25) is 5.91 Å². The van der Waals surface area contributed by atoms with Crippen molar-refractivity contribution in [2.75, 3.05) is 44.6 Å². The fourth-order valence-electron chi connectivity index (χ4n) is 7.13. The van der Waals surface area contributed by atoms with Crippen LogP contribution in [0.3, 0.4) is 0 Å². The number of halogens is 3. The third kappa shape index (κ3) is 5.64. The summed E-state index contributed by atoms with van der Waals surface area (Å²) in [5, 5.41) is 8.30. The van der Waals surface area contributed by atoms with Gasteiger partial charge in [0.15, 0.2) is 11.5 Å². The van der Waals surface area contributed by atoms with Crippen molar-refractivity contribution in [1.29, 1.82) is 0 Å². The number of carbonyl (C=O) groups is 1.